The number of pyridine rings is 1. The number of nitrogens with one attached hydrogen (secondary N) is 1. The molecule has 3 nitrogen and oxygen atoms in total. The molecule has 0 saturated heterocycles. The maximum Gasteiger partial charge on any atom is 0.124 e. The summed E-state index contributed by atoms with van der Waals surface area (Å²) >= 11 is 3.44. The van der Waals surface area contributed by atoms with Crippen molar-refractivity contribution in [2.24, 2.45) is 0 Å². The molecule has 4 heteroatoms. The van der Waals surface area contributed by atoms with Gasteiger partial charge >= 0.3 is 0 Å². The van der Waals surface area contributed by atoms with E-state index < -0.39 is 0 Å². The van der Waals surface area contributed by atoms with E-state index in [2.05, 4.69) is 45.3 Å². The van der Waals surface area contributed by atoms with E-state index in [4.69, 9.17) is 4.74 Å². The lowest BCUT2D eigenvalue weighted by Gasteiger charge is -2.20. The minimum absolute atomic E-state index is 0.174. The second-order valence-corrected chi connectivity index (χ2v) is 6.23. The summed E-state index contributed by atoms with van der Waals surface area (Å²) in [4.78, 5) is 4.18. The van der Waals surface area contributed by atoms with Gasteiger partial charge in [0, 0.05) is 35.0 Å². The van der Waals surface area contributed by atoms with E-state index in [0.717, 1.165) is 22.3 Å². The third-order valence-corrected chi connectivity index (χ3v) is 3.56. The van der Waals surface area contributed by atoms with Gasteiger partial charge in [-0.3, -0.25) is 4.98 Å². The van der Waals surface area contributed by atoms with Crippen molar-refractivity contribution >= 4 is 15.9 Å². The average molecular weight is 349 g/mol. The number of ether oxygens (including phenoxy) is 1. The van der Waals surface area contributed by atoms with Crippen LogP contribution in [0.5, 0.6) is 5.75 Å². The molecule has 0 aliphatic carbocycles. The first-order valence-electron chi connectivity index (χ1n) is 7.14. The molecule has 112 valence electrons. The van der Waals surface area contributed by atoms with Crippen LogP contribution in [0.1, 0.15) is 37.9 Å². The zero-order valence-corrected chi connectivity index (χ0v) is 14.2. The molecule has 1 heterocycles. The standard InChI is InChI=1S/C17H21BrN2O/c1-12(2)21-17-7-5-4-6-16(17)13(3)20-10-14-8-15(18)11-19-9-14/h4-9,11-13,20H,10H2,1-3H3. The molecule has 21 heavy (non-hydrogen) atoms. The normalized spacial score (nSPS) is 12.4. The predicted octanol–water partition coefficient (Wildman–Crippen LogP) is 4.48. The summed E-state index contributed by atoms with van der Waals surface area (Å²) in [5.74, 6) is 0.944. The summed E-state index contributed by atoms with van der Waals surface area (Å²) in [5.41, 5.74) is 2.33. The lowest BCUT2D eigenvalue weighted by atomic mass is 10.1. The minimum atomic E-state index is 0.174. The fraction of sp³-hybridized carbons (Fsp3) is 0.353. The highest BCUT2D eigenvalue weighted by molar-refractivity contribution is 9.10. The first-order chi connectivity index (χ1) is 10.1. The monoisotopic (exact) mass is 348 g/mol. The maximum atomic E-state index is 5.88. The molecule has 0 fully saturated rings. The second kappa shape index (κ2) is 7.57. The van der Waals surface area contributed by atoms with Crippen molar-refractivity contribution in [3.63, 3.8) is 0 Å². The van der Waals surface area contributed by atoms with Gasteiger partial charge in [-0.1, -0.05) is 18.2 Å². The van der Waals surface area contributed by atoms with Crippen molar-refractivity contribution in [3.8, 4) is 5.75 Å². The van der Waals surface area contributed by atoms with Gasteiger partial charge < -0.3 is 10.1 Å². The molecule has 0 bridgehead atoms. The van der Waals surface area contributed by atoms with Gasteiger partial charge in [-0.2, -0.15) is 0 Å². The molecule has 0 spiro atoms. The Morgan fingerprint density at radius 1 is 1.19 bits per heavy atom. The van der Waals surface area contributed by atoms with Crippen molar-refractivity contribution in [2.75, 3.05) is 0 Å². The zero-order chi connectivity index (χ0) is 15.2. The number of rotatable bonds is 6. The molecule has 0 amide bonds. The Balaban J connectivity index is 2.04. The predicted molar refractivity (Wildman–Crippen MR) is 89.4 cm³/mol. The van der Waals surface area contributed by atoms with E-state index in [1.807, 2.05) is 38.2 Å². The van der Waals surface area contributed by atoms with E-state index >= 15 is 0 Å². The van der Waals surface area contributed by atoms with E-state index in [0.29, 0.717) is 0 Å². The van der Waals surface area contributed by atoms with Crippen molar-refractivity contribution in [1.82, 2.24) is 10.3 Å². The molecular weight excluding hydrogens is 328 g/mol. The van der Waals surface area contributed by atoms with Crippen LogP contribution in [0, 0.1) is 0 Å². The van der Waals surface area contributed by atoms with Gasteiger partial charge in [-0.05, 0) is 54.4 Å². The highest BCUT2D eigenvalue weighted by atomic mass is 79.9. The first-order valence-corrected chi connectivity index (χ1v) is 7.94. The van der Waals surface area contributed by atoms with Gasteiger partial charge in [-0.25, -0.2) is 0 Å². The molecule has 0 radical (unpaired) electrons. The molecule has 1 aromatic heterocycles. The zero-order valence-electron chi connectivity index (χ0n) is 12.6. The molecular formula is C17H21BrN2O. The SMILES string of the molecule is CC(C)Oc1ccccc1C(C)NCc1cncc(Br)c1. The number of hydrogen-bond acceptors (Lipinski definition) is 3. The molecule has 2 rings (SSSR count). The molecule has 1 N–H and O–H groups in total. The van der Waals surface area contributed by atoms with Crippen LogP contribution >= 0.6 is 15.9 Å². The van der Waals surface area contributed by atoms with E-state index in [-0.39, 0.29) is 12.1 Å². The van der Waals surface area contributed by atoms with Gasteiger partial charge in [0.15, 0.2) is 0 Å². The van der Waals surface area contributed by atoms with Crippen molar-refractivity contribution in [1.29, 1.82) is 0 Å². The number of aromatic nitrogens is 1. The van der Waals surface area contributed by atoms with Crippen molar-refractivity contribution < 1.29 is 4.74 Å². The lowest BCUT2D eigenvalue weighted by molar-refractivity contribution is 0.238. The quantitative estimate of drug-likeness (QED) is 0.835. The van der Waals surface area contributed by atoms with Gasteiger partial charge in [-0.15, -0.1) is 0 Å². The topological polar surface area (TPSA) is 34.1 Å². The van der Waals surface area contributed by atoms with Crippen LogP contribution in [0.3, 0.4) is 0 Å². The van der Waals surface area contributed by atoms with Crippen LogP contribution in [-0.4, -0.2) is 11.1 Å². The largest absolute Gasteiger partial charge is 0.491 e. The molecule has 1 aromatic carbocycles. The smallest absolute Gasteiger partial charge is 0.124 e. The summed E-state index contributed by atoms with van der Waals surface area (Å²) in [6, 6.07) is 10.5. The van der Waals surface area contributed by atoms with Gasteiger partial charge in [0.1, 0.15) is 5.75 Å². The molecule has 0 saturated carbocycles. The van der Waals surface area contributed by atoms with Crippen LogP contribution in [0.15, 0.2) is 47.2 Å². The van der Waals surface area contributed by atoms with Crippen molar-refractivity contribution in [2.45, 2.75) is 39.5 Å². The highest BCUT2D eigenvalue weighted by Crippen LogP contribution is 2.26. The van der Waals surface area contributed by atoms with Crippen LogP contribution in [0.25, 0.3) is 0 Å². The summed E-state index contributed by atoms with van der Waals surface area (Å²) in [6.45, 7) is 7.00. The van der Waals surface area contributed by atoms with Gasteiger partial charge in [0.05, 0.1) is 6.10 Å². The number of benzene rings is 1. The third-order valence-electron chi connectivity index (χ3n) is 3.12. The van der Waals surface area contributed by atoms with Gasteiger partial charge in [0.2, 0.25) is 0 Å². The molecule has 2 aromatic rings. The number of halogens is 1. The molecule has 0 aliphatic rings. The summed E-state index contributed by atoms with van der Waals surface area (Å²) in [7, 11) is 0. The Labute approximate surface area is 134 Å². The minimum Gasteiger partial charge on any atom is -0.491 e. The third kappa shape index (κ3) is 4.83. The van der Waals surface area contributed by atoms with E-state index in [9.17, 15) is 0 Å². The summed E-state index contributed by atoms with van der Waals surface area (Å²) in [5, 5.41) is 3.52. The Morgan fingerprint density at radius 2 is 1.95 bits per heavy atom. The van der Waals surface area contributed by atoms with Crippen LogP contribution in [0.4, 0.5) is 0 Å². The lowest BCUT2D eigenvalue weighted by Crippen LogP contribution is -2.19. The molecule has 0 aliphatic heterocycles. The number of nitrogens with zero attached hydrogens (tertiary/aromatic N) is 1. The van der Waals surface area contributed by atoms with E-state index in [1.54, 1.807) is 6.20 Å². The molecule has 1 unspecified atom stereocenters. The maximum absolute atomic E-state index is 5.88. The summed E-state index contributed by atoms with van der Waals surface area (Å²) in [6.07, 6.45) is 3.84. The van der Waals surface area contributed by atoms with Crippen LogP contribution in [-0.2, 0) is 6.54 Å². The Hall–Kier alpha value is -1.39. The average Bonchev–Trinajstić information content (AvgIpc) is 2.45. The Morgan fingerprint density at radius 3 is 2.67 bits per heavy atom. The van der Waals surface area contributed by atoms with Crippen LogP contribution in [0.2, 0.25) is 0 Å². The molecule has 1 atom stereocenters. The number of hydrogen-bond donors (Lipinski definition) is 1. The number of para-hydroxylation sites is 1. The van der Waals surface area contributed by atoms with Crippen LogP contribution < -0.4 is 10.1 Å². The fourth-order valence-electron chi connectivity index (χ4n) is 2.13. The van der Waals surface area contributed by atoms with Gasteiger partial charge in [0.25, 0.3) is 0 Å². The summed E-state index contributed by atoms with van der Waals surface area (Å²) < 4.78 is 6.88. The first kappa shape index (κ1) is 16.0. The van der Waals surface area contributed by atoms with E-state index in [1.165, 1.54) is 5.56 Å². The second-order valence-electron chi connectivity index (χ2n) is 5.32. The fourth-order valence-corrected chi connectivity index (χ4v) is 2.55. The Bertz CT molecular complexity index is 587. The Kier molecular flexibility index (Phi) is 5.76. The van der Waals surface area contributed by atoms with Crippen molar-refractivity contribution in [3.05, 3.63) is 58.3 Å². The highest BCUT2D eigenvalue weighted by Gasteiger charge is 2.12.